The molecule has 2 rings (SSSR count). The van der Waals surface area contributed by atoms with E-state index >= 15 is 0 Å². The molecule has 0 saturated heterocycles. The fourth-order valence-corrected chi connectivity index (χ4v) is 2.23. The van der Waals surface area contributed by atoms with Crippen LogP contribution in [-0.4, -0.2) is 0 Å². The van der Waals surface area contributed by atoms with Gasteiger partial charge in [0.1, 0.15) is 7.05 Å². The van der Waals surface area contributed by atoms with E-state index in [4.69, 9.17) is 4.11 Å². The smallest absolute Gasteiger partial charge is 0.201 e. The van der Waals surface area contributed by atoms with Gasteiger partial charge in [0.2, 0.25) is 5.69 Å². The Bertz CT molecular complexity index is 658. The first-order valence-electron chi connectivity index (χ1n) is 7.82. The van der Waals surface area contributed by atoms with Crippen molar-refractivity contribution in [1.29, 1.82) is 0 Å². The fourth-order valence-electron chi connectivity index (χ4n) is 2.23. The van der Waals surface area contributed by atoms with Crippen LogP contribution in [0.1, 0.15) is 40.5 Å². The van der Waals surface area contributed by atoms with Gasteiger partial charge in [0, 0.05) is 21.3 Å². The number of rotatable bonds is 2. The van der Waals surface area contributed by atoms with Gasteiger partial charge in [-0.3, -0.25) is 0 Å². The molecule has 0 radical (unpaired) electrons. The van der Waals surface area contributed by atoms with Gasteiger partial charge in [-0.15, -0.1) is 0 Å². The van der Waals surface area contributed by atoms with E-state index in [-0.39, 0.29) is 0 Å². The highest BCUT2D eigenvalue weighted by atomic mass is 14.9. The number of nitrogens with zero attached hydrogens (tertiary/aromatic N) is 1. The zero-order chi connectivity index (χ0) is 15.8. The van der Waals surface area contributed by atoms with E-state index in [0.29, 0.717) is 5.56 Å². The summed E-state index contributed by atoms with van der Waals surface area (Å²) in [6, 6.07) is 10.1. The Labute approximate surface area is 114 Å². The van der Waals surface area contributed by atoms with Crippen LogP contribution in [0, 0.1) is 13.8 Å². The molecule has 1 heterocycles. The highest BCUT2D eigenvalue weighted by Crippen LogP contribution is 2.25. The van der Waals surface area contributed by atoms with E-state index in [0.717, 1.165) is 16.8 Å². The number of hydrogen-bond acceptors (Lipinski definition) is 0. The van der Waals surface area contributed by atoms with Gasteiger partial charge in [-0.1, -0.05) is 32.0 Å². The molecule has 1 nitrogen and oxygen atoms in total. The maximum Gasteiger partial charge on any atom is 0.212 e. The number of aryl methyl sites for hydroxylation is 3. The molecule has 0 spiro atoms. The summed E-state index contributed by atoms with van der Waals surface area (Å²) in [5, 5.41) is 0. The Morgan fingerprint density at radius 1 is 1.22 bits per heavy atom. The van der Waals surface area contributed by atoms with Crippen molar-refractivity contribution in [1.82, 2.24) is 0 Å². The first-order valence-corrected chi connectivity index (χ1v) is 6.16. The highest BCUT2D eigenvalue weighted by molar-refractivity contribution is 5.61. The van der Waals surface area contributed by atoms with Crippen molar-refractivity contribution in [2.75, 3.05) is 0 Å². The highest BCUT2D eigenvalue weighted by Gasteiger charge is 2.16. The number of pyridine rings is 1. The first kappa shape index (κ1) is 9.32. The molecular weight excluding hydrogens is 218 g/mol. The molecular formula is C17H22N+. The lowest BCUT2D eigenvalue weighted by atomic mass is 9.96. The predicted octanol–water partition coefficient (Wildman–Crippen LogP) is 3.92. The van der Waals surface area contributed by atoms with E-state index in [2.05, 4.69) is 19.1 Å². The van der Waals surface area contributed by atoms with Gasteiger partial charge >= 0.3 is 0 Å². The van der Waals surface area contributed by atoms with Gasteiger partial charge in [0.15, 0.2) is 6.20 Å². The zero-order valence-corrected chi connectivity index (χ0v) is 11.5. The third-order valence-electron chi connectivity index (χ3n) is 3.26. The quantitative estimate of drug-likeness (QED) is 0.704. The lowest BCUT2D eigenvalue weighted by molar-refractivity contribution is -0.660. The van der Waals surface area contributed by atoms with Crippen LogP contribution < -0.4 is 4.57 Å². The normalized spacial score (nSPS) is 14.2. The zero-order valence-electron chi connectivity index (χ0n) is 14.5. The lowest BCUT2D eigenvalue weighted by Crippen LogP contribution is -2.32. The molecule has 1 aromatic carbocycles. The number of aromatic nitrogens is 1. The monoisotopic (exact) mass is 243 g/mol. The van der Waals surface area contributed by atoms with Crippen molar-refractivity contribution >= 4 is 0 Å². The van der Waals surface area contributed by atoms with Gasteiger partial charge < -0.3 is 0 Å². The van der Waals surface area contributed by atoms with Crippen molar-refractivity contribution in [3.8, 4) is 11.3 Å². The summed E-state index contributed by atoms with van der Waals surface area (Å²) in [5.74, 6) is -0.832. The van der Waals surface area contributed by atoms with E-state index in [1.165, 1.54) is 5.56 Å². The summed E-state index contributed by atoms with van der Waals surface area (Å²) in [6.45, 7) is 4.58. The summed E-state index contributed by atoms with van der Waals surface area (Å²) in [6.07, 6.45) is 1.82. The largest absolute Gasteiger partial charge is 0.212 e. The van der Waals surface area contributed by atoms with Crippen LogP contribution in [0.4, 0.5) is 0 Å². The van der Waals surface area contributed by atoms with Crippen LogP contribution in [0.15, 0.2) is 36.5 Å². The maximum absolute atomic E-state index is 8.31. The topological polar surface area (TPSA) is 3.88 Å². The standard InChI is InChI=1S/C17H22N/c1-12(2)16-10-17(18(5)11-14(16)4)15-9-7-6-8-13(15)3/h6-12H,1-5H3/q+1/i4D2,12D. The Kier molecular flexibility index (Phi) is 2.55. The fraction of sp³-hybridized carbons (Fsp3) is 0.353. The minimum absolute atomic E-state index is 0.592. The van der Waals surface area contributed by atoms with E-state index in [1.54, 1.807) is 13.8 Å². The summed E-state index contributed by atoms with van der Waals surface area (Å²) < 4.78 is 25.7. The molecule has 0 atom stereocenters. The molecule has 0 bridgehead atoms. The second kappa shape index (κ2) is 4.93. The third kappa shape index (κ3) is 2.31. The second-order valence-electron chi connectivity index (χ2n) is 4.95. The molecule has 18 heavy (non-hydrogen) atoms. The molecule has 1 heteroatoms. The van der Waals surface area contributed by atoms with Crippen LogP contribution in [0.2, 0.25) is 0 Å². The molecule has 0 fully saturated rings. The van der Waals surface area contributed by atoms with Gasteiger partial charge in [0.25, 0.3) is 0 Å². The Morgan fingerprint density at radius 2 is 1.94 bits per heavy atom. The van der Waals surface area contributed by atoms with Crippen LogP contribution in [0.3, 0.4) is 0 Å². The summed E-state index contributed by atoms with van der Waals surface area (Å²) in [7, 11) is 1.92. The maximum atomic E-state index is 8.31. The average molecular weight is 243 g/mol. The van der Waals surface area contributed by atoms with Crippen LogP contribution in [0.25, 0.3) is 11.3 Å². The van der Waals surface area contributed by atoms with Gasteiger partial charge in [-0.25, -0.2) is 4.57 Å². The van der Waals surface area contributed by atoms with E-state index < -0.39 is 12.8 Å². The Hall–Kier alpha value is -1.63. The van der Waals surface area contributed by atoms with Gasteiger partial charge in [-0.05, 0) is 36.9 Å². The Balaban J connectivity index is 2.73. The molecule has 0 N–H and O–H groups in total. The molecule has 0 amide bonds. The lowest BCUT2D eigenvalue weighted by Gasteiger charge is -2.11. The van der Waals surface area contributed by atoms with Crippen molar-refractivity contribution < 1.29 is 8.68 Å². The van der Waals surface area contributed by atoms with Gasteiger partial charge in [0.05, 0.1) is 0 Å². The predicted molar refractivity (Wildman–Crippen MR) is 76.6 cm³/mol. The SMILES string of the molecule is [2H]C([2H])c1c[n+](C)c(-c2ccccc2C)cc1C([2H])(C)C. The molecule has 0 saturated carbocycles. The summed E-state index contributed by atoms with van der Waals surface area (Å²) in [4.78, 5) is 0. The minimum Gasteiger partial charge on any atom is -0.201 e. The first-order chi connectivity index (χ1) is 9.71. The number of hydrogen-bond donors (Lipinski definition) is 0. The van der Waals surface area contributed by atoms with Gasteiger partial charge in [-0.2, -0.15) is 0 Å². The van der Waals surface area contributed by atoms with Crippen molar-refractivity contribution in [3.63, 3.8) is 0 Å². The molecule has 94 valence electrons. The average Bonchev–Trinajstić information content (AvgIpc) is 2.38. The minimum atomic E-state index is -1.08. The molecule has 1 aromatic heterocycles. The van der Waals surface area contributed by atoms with Crippen molar-refractivity contribution in [3.05, 3.63) is 53.2 Å². The van der Waals surface area contributed by atoms with Crippen LogP contribution in [-0.2, 0) is 7.05 Å². The number of benzene rings is 1. The molecule has 0 aliphatic heterocycles. The van der Waals surface area contributed by atoms with Crippen molar-refractivity contribution in [2.45, 2.75) is 33.5 Å². The summed E-state index contributed by atoms with van der Waals surface area (Å²) >= 11 is 0. The van der Waals surface area contributed by atoms with Crippen LogP contribution in [0.5, 0.6) is 0 Å². The van der Waals surface area contributed by atoms with E-state index in [1.807, 2.05) is 36.0 Å². The second-order valence-corrected chi connectivity index (χ2v) is 4.95. The summed E-state index contributed by atoms with van der Waals surface area (Å²) in [5.41, 5.74) is 4.63. The third-order valence-corrected chi connectivity index (χ3v) is 3.26. The molecule has 0 unspecified atom stereocenters. The van der Waals surface area contributed by atoms with Crippen molar-refractivity contribution in [2.24, 2.45) is 7.05 Å². The molecule has 2 aromatic rings. The Morgan fingerprint density at radius 3 is 2.56 bits per heavy atom. The van der Waals surface area contributed by atoms with Crippen LogP contribution >= 0.6 is 0 Å². The molecule has 0 aliphatic carbocycles. The molecule has 0 aliphatic rings. The van der Waals surface area contributed by atoms with E-state index in [9.17, 15) is 0 Å².